The van der Waals surface area contributed by atoms with Crippen LogP contribution in [0.4, 0.5) is 0 Å². The molecule has 392 valence electrons. The van der Waals surface area contributed by atoms with E-state index in [1.165, 1.54) is 225 Å². The predicted octanol–water partition coefficient (Wildman–Crippen LogP) is 14.0. The summed E-state index contributed by atoms with van der Waals surface area (Å²) in [6.07, 6.45) is 51.8. The topological polar surface area (TPSA) is 149 Å². The Morgan fingerprint density at radius 2 is 0.848 bits per heavy atom. The van der Waals surface area contributed by atoms with E-state index < -0.39 is 49.5 Å². The normalized spacial score (nSPS) is 19.8. The molecule has 1 amide bonds. The molecule has 9 nitrogen and oxygen atoms in total. The minimum atomic E-state index is -1.55. The SMILES string of the molecule is CCCCCCCCCC/C=C\CCCCCCCCCCCCCCCCCCCCCCCCCCCC(=O)NC(COC1OC(CO)C(O)C(O)C1O)C(O)CCCCCCCC. The van der Waals surface area contributed by atoms with Crippen molar-refractivity contribution in [2.24, 2.45) is 0 Å². The summed E-state index contributed by atoms with van der Waals surface area (Å²) < 4.78 is 11.2. The zero-order valence-corrected chi connectivity index (χ0v) is 43.5. The third-order valence-electron chi connectivity index (χ3n) is 14.1. The molecule has 1 fully saturated rings. The number of hydrogen-bond acceptors (Lipinski definition) is 8. The largest absolute Gasteiger partial charge is 0.394 e. The number of unbranched alkanes of at least 4 members (excludes halogenated alkanes) is 38. The maximum atomic E-state index is 12.9. The summed E-state index contributed by atoms with van der Waals surface area (Å²) in [5.74, 6) is -0.144. The average molecular weight is 939 g/mol. The van der Waals surface area contributed by atoms with Crippen molar-refractivity contribution in [2.75, 3.05) is 13.2 Å². The Balaban J connectivity index is 1.94. The van der Waals surface area contributed by atoms with E-state index in [-0.39, 0.29) is 12.5 Å². The Morgan fingerprint density at radius 1 is 0.500 bits per heavy atom. The van der Waals surface area contributed by atoms with Gasteiger partial charge in [0.1, 0.15) is 24.4 Å². The van der Waals surface area contributed by atoms with E-state index in [1.807, 2.05) is 0 Å². The first kappa shape index (κ1) is 62.9. The van der Waals surface area contributed by atoms with Crippen molar-refractivity contribution < 1.29 is 39.8 Å². The van der Waals surface area contributed by atoms with E-state index >= 15 is 0 Å². The van der Waals surface area contributed by atoms with Gasteiger partial charge in [-0.1, -0.05) is 257 Å². The van der Waals surface area contributed by atoms with Gasteiger partial charge in [-0.05, 0) is 38.5 Å². The van der Waals surface area contributed by atoms with Crippen molar-refractivity contribution in [3.63, 3.8) is 0 Å². The van der Waals surface area contributed by atoms with Gasteiger partial charge in [0.05, 0.1) is 25.4 Å². The second-order valence-corrected chi connectivity index (χ2v) is 20.4. The van der Waals surface area contributed by atoms with E-state index in [4.69, 9.17) is 9.47 Å². The summed E-state index contributed by atoms with van der Waals surface area (Å²) in [5.41, 5.74) is 0. The van der Waals surface area contributed by atoms with Crippen LogP contribution in [-0.2, 0) is 14.3 Å². The van der Waals surface area contributed by atoms with Crippen LogP contribution in [-0.4, -0.2) is 87.5 Å². The second kappa shape index (κ2) is 47.6. The number of amides is 1. The minimum absolute atomic E-state index is 0.135. The highest BCUT2D eigenvalue weighted by atomic mass is 16.7. The highest BCUT2D eigenvalue weighted by molar-refractivity contribution is 5.76. The van der Waals surface area contributed by atoms with Gasteiger partial charge in [0, 0.05) is 6.42 Å². The van der Waals surface area contributed by atoms with Crippen LogP contribution in [0.3, 0.4) is 0 Å². The Hall–Kier alpha value is -1.07. The van der Waals surface area contributed by atoms with Gasteiger partial charge in [-0.25, -0.2) is 0 Å². The van der Waals surface area contributed by atoms with E-state index in [0.717, 1.165) is 38.5 Å². The number of allylic oxidation sites excluding steroid dienone is 2. The summed E-state index contributed by atoms with van der Waals surface area (Å²) in [5, 5.41) is 54.1. The van der Waals surface area contributed by atoms with E-state index in [0.29, 0.717) is 12.8 Å². The summed E-state index contributed by atoms with van der Waals surface area (Å²) >= 11 is 0. The number of aliphatic hydroxyl groups excluding tert-OH is 5. The van der Waals surface area contributed by atoms with Gasteiger partial charge in [-0.15, -0.1) is 0 Å². The van der Waals surface area contributed by atoms with Crippen LogP contribution < -0.4 is 5.32 Å². The van der Waals surface area contributed by atoms with Gasteiger partial charge in [0.25, 0.3) is 0 Å². The first-order valence-electron chi connectivity index (χ1n) is 28.9. The molecule has 1 rings (SSSR count). The average Bonchev–Trinajstić information content (AvgIpc) is 3.32. The lowest BCUT2D eigenvalue weighted by atomic mass is 9.99. The Kier molecular flexibility index (Phi) is 45.4. The van der Waals surface area contributed by atoms with Crippen LogP contribution >= 0.6 is 0 Å². The van der Waals surface area contributed by atoms with E-state index in [1.54, 1.807) is 0 Å². The van der Waals surface area contributed by atoms with Crippen LogP contribution in [0.5, 0.6) is 0 Å². The van der Waals surface area contributed by atoms with Crippen molar-refractivity contribution in [1.82, 2.24) is 5.32 Å². The number of ether oxygens (including phenoxy) is 2. The van der Waals surface area contributed by atoms with Crippen molar-refractivity contribution in [1.29, 1.82) is 0 Å². The molecule has 1 saturated heterocycles. The lowest BCUT2D eigenvalue weighted by molar-refractivity contribution is -0.302. The maximum Gasteiger partial charge on any atom is 0.220 e. The fraction of sp³-hybridized carbons (Fsp3) is 0.947. The number of hydrogen-bond donors (Lipinski definition) is 6. The summed E-state index contributed by atoms with van der Waals surface area (Å²) in [6.45, 7) is 3.79. The first-order valence-corrected chi connectivity index (χ1v) is 28.9. The smallest absolute Gasteiger partial charge is 0.220 e. The van der Waals surface area contributed by atoms with Gasteiger partial charge in [0.15, 0.2) is 6.29 Å². The molecule has 1 aliphatic rings. The molecule has 0 spiro atoms. The number of rotatable bonds is 50. The molecule has 0 saturated carbocycles. The molecular formula is C57H111NO8. The number of nitrogens with one attached hydrogen (secondary N) is 1. The molecule has 9 heteroatoms. The summed E-state index contributed by atoms with van der Waals surface area (Å²) in [6, 6.07) is -0.711. The van der Waals surface area contributed by atoms with Gasteiger partial charge in [-0.3, -0.25) is 4.79 Å². The zero-order valence-electron chi connectivity index (χ0n) is 43.5. The molecule has 0 aromatic carbocycles. The van der Waals surface area contributed by atoms with Crippen molar-refractivity contribution >= 4 is 5.91 Å². The van der Waals surface area contributed by atoms with Crippen LogP contribution in [0.15, 0.2) is 12.2 Å². The fourth-order valence-corrected chi connectivity index (χ4v) is 9.51. The molecular weight excluding hydrogens is 827 g/mol. The lowest BCUT2D eigenvalue weighted by Gasteiger charge is -2.40. The van der Waals surface area contributed by atoms with Crippen LogP contribution in [0, 0.1) is 0 Å². The van der Waals surface area contributed by atoms with Crippen molar-refractivity contribution in [3.8, 4) is 0 Å². The summed E-state index contributed by atoms with van der Waals surface area (Å²) in [4.78, 5) is 12.9. The number of aliphatic hydroxyl groups is 5. The molecule has 0 bridgehead atoms. The third kappa shape index (κ3) is 36.9. The number of carbonyl (C=O) groups is 1. The molecule has 1 heterocycles. The quantitative estimate of drug-likeness (QED) is 0.0261. The molecule has 0 aromatic rings. The molecule has 0 aromatic heterocycles. The fourth-order valence-electron chi connectivity index (χ4n) is 9.51. The van der Waals surface area contributed by atoms with E-state index in [2.05, 4.69) is 31.3 Å². The van der Waals surface area contributed by atoms with Crippen LogP contribution in [0.1, 0.15) is 290 Å². The van der Waals surface area contributed by atoms with Gasteiger partial charge in [-0.2, -0.15) is 0 Å². The van der Waals surface area contributed by atoms with Gasteiger partial charge in [0.2, 0.25) is 5.91 Å². The molecule has 0 radical (unpaired) electrons. The third-order valence-corrected chi connectivity index (χ3v) is 14.1. The predicted molar refractivity (Wildman–Crippen MR) is 277 cm³/mol. The molecule has 7 atom stereocenters. The van der Waals surface area contributed by atoms with Crippen molar-refractivity contribution in [3.05, 3.63) is 12.2 Å². The first-order chi connectivity index (χ1) is 32.3. The molecule has 66 heavy (non-hydrogen) atoms. The van der Waals surface area contributed by atoms with Gasteiger partial charge >= 0.3 is 0 Å². The summed E-state index contributed by atoms with van der Waals surface area (Å²) in [7, 11) is 0. The van der Waals surface area contributed by atoms with Gasteiger partial charge < -0.3 is 40.3 Å². The van der Waals surface area contributed by atoms with E-state index in [9.17, 15) is 30.3 Å². The second-order valence-electron chi connectivity index (χ2n) is 20.4. The Bertz CT molecular complexity index is 1040. The Morgan fingerprint density at radius 3 is 1.23 bits per heavy atom. The monoisotopic (exact) mass is 938 g/mol. The molecule has 1 aliphatic heterocycles. The number of carbonyl (C=O) groups excluding carboxylic acids is 1. The highest BCUT2D eigenvalue weighted by Crippen LogP contribution is 2.23. The van der Waals surface area contributed by atoms with Crippen molar-refractivity contribution in [2.45, 2.75) is 333 Å². The lowest BCUT2D eigenvalue weighted by Crippen LogP contribution is -2.60. The standard InChI is InChI=1S/C57H111NO8/c1-3-5-7-9-11-12-13-14-15-16-17-18-19-20-21-22-23-24-25-26-27-28-29-30-31-32-33-34-35-36-37-38-39-40-41-43-45-47-53(61)58-50(51(60)46-44-42-10-8-6-4-2)49-65-57-56(64)55(63)54(62)52(48-59)66-57/h16-17,50-52,54-57,59-60,62-64H,3-15,18-49H2,1-2H3,(H,58,61)/b17-16-. The van der Waals surface area contributed by atoms with Crippen LogP contribution in [0.2, 0.25) is 0 Å². The maximum absolute atomic E-state index is 12.9. The molecule has 7 unspecified atom stereocenters. The minimum Gasteiger partial charge on any atom is -0.394 e. The molecule has 6 N–H and O–H groups in total. The highest BCUT2D eigenvalue weighted by Gasteiger charge is 2.44. The Labute approximate surface area is 407 Å². The molecule has 0 aliphatic carbocycles. The zero-order chi connectivity index (χ0) is 48.0. The van der Waals surface area contributed by atoms with Crippen LogP contribution in [0.25, 0.3) is 0 Å².